The highest BCUT2D eigenvalue weighted by Gasteiger charge is 2.24. The molecule has 0 aliphatic carbocycles. The predicted molar refractivity (Wildman–Crippen MR) is 67.2 cm³/mol. The van der Waals surface area contributed by atoms with Crippen LogP contribution in [0.25, 0.3) is 22.4 Å². The quantitative estimate of drug-likeness (QED) is 0.554. The summed E-state index contributed by atoms with van der Waals surface area (Å²) in [5.41, 5.74) is 1.25. The Bertz CT molecular complexity index is 741. The van der Waals surface area contributed by atoms with Crippen molar-refractivity contribution in [1.29, 1.82) is 0 Å². The molecule has 0 saturated carbocycles. The van der Waals surface area contributed by atoms with Gasteiger partial charge in [-0.25, -0.2) is 4.98 Å². The van der Waals surface area contributed by atoms with Crippen molar-refractivity contribution < 1.29 is 4.92 Å². The molecule has 0 spiro atoms. The summed E-state index contributed by atoms with van der Waals surface area (Å²) in [5.74, 6) is 0.554. The molecule has 0 saturated heterocycles. The Balaban J connectivity index is 2.39. The first kappa shape index (κ1) is 10.5. The molecule has 0 aliphatic heterocycles. The van der Waals surface area contributed by atoms with E-state index >= 15 is 0 Å². The Morgan fingerprint density at radius 1 is 1.39 bits per heavy atom. The maximum atomic E-state index is 11.3. The van der Waals surface area contributed by atoms with Crippen LogP contribution in [0.3, 0.4) is 0 Å². The third kappa shape index (κ3) is 1.39. The topological polar surface area (TPSA) is 76.8 Å². The molecule has 0 amide bonds. The number of rotatable bonds is 2. The number of aryl methyl sites for hydroxylation is 1. The molecule has 2 aromatic heterocycles. The summed E-state index contributed by atoms with van der Waals surface area (Å²) in [4.78, 5) is 18.1. The molecular weight excluding hydrogens is 232 g/mol. The van der Waals surface area contributed by atoms with E-state index in [-0.39, 0.29) is 10.6 Å². The number of aromatic nitrogens is 3. The van der Waals surface area contributed by atoms with Crippen molar-refractivity contribution in [3.63, 3.8) is 0 Å². The van der Waals surface area contributed by atoms with E-state index in [2.05, 4.69) is 9.97 Å². The number of aromatic amines is 1. The van der Waals surface area contributed by atoms with Gasteiger partial charge in [0.1, 0.15) is 0 Å². The minimum absolute atomic E-state index is 0.0694. The molecule has 18 heavy (non-hydrogen) atoms. The van der Waals surface area contributed by atoms with Gasteiger partial charge in [-0.05, 0) is 12.1 Å². The second-order valence-electron chi connectivity index (χ2n) is 4.01. The zero-order chi connectivity index (χ0) is 12.7. The number of H-pyrrole nitrogens is 1. The third-order valence-electron chi connectivity index (χ3n) is 2.91. The van der Waals surface area contributed by atoms with Crippen LogP contribution in [0.15, 0.2) is 36.7 Å². The molecular formula is C12H10N4O2. The van der Waals surface area contributed by atoms with E-state index < -0.39 is 0 Å². The predicted octanol–water partition coefficient (Wildman–Crippen LogP) is 2.48. The number of nitrogens with one attached hydrogen (secondary N) is 1. The van der Waals surface area contributed by atoms with Gasteiger partial charge in [-0.2, -0.15) is 0 Å². The molecule has 0 aliphatic rings. The Morgan fingerprint density at radius 2 is 2.17 bits per heavy atom. The van der Waals surface area contributed by atoms with Gasteiger partial charge < -0.3 is 9.55 Å². The normalized spacial score (nSPS) is 10.9. The Kier molecular flexibility index (Phi) is 2.16. The molecule has 6 nitrogen and oxygen atoms in total. The fraction of sp³-hybridized carbons (Fsp3) is 0.0833. The van der Waals surface area contributed by atoms with Crippen LogP contribution in [0.2, 0.25) is 0 Å². The average Bonchev–Trinajstić information content (AvgIpc) is 2.91. The van der Waals surface area contributed by atoms with Gasteiger partial charge in [0.15, 0.2) is 11.5 Å². The van der Waals surface area contributed by atoms with E-state index in [1.54, 1.807) is 36.1 Å². The zero-order valence-corrected chi connectivity index (χ0v) is 9.62. The van der Waals surface area contributed by atoms with Gasteiger partial charge in [0, 0.05) is 19.4 Å². The van der Waals surface area contributed by atoms with Gasteiger partial charge >= 0.3 is 5.69 Å². The van der Waals surface area contributed by atoms with Crippen molar-refractivity contribution in [2.24, 2.45) is 7.05 Å². The highest BCUT2D eigenvalue weighted by atomic mass is 16.6. The van der Waals surface area contributed by atoms with E-state index in [0.717, 1.165) is 5.52 Å². The Morgan fingerprint density at radius 3 is 2.83 bits per heavy atom. The van der Waals surface area contributed by atoms with Gasteiger partial charge in [-0.15, -0.1) is 0 Å². The van der Waals surface area contributed by atoms with E-state index in [1.807, 2.05) is 12.1 Å². The summed E-state index contributed by atoms with van der Waals surface area (Å²) in [6.07, 6.45) is 3.37. The van der Waals surface area contributed by atoms with Crippen LogP contribution in [-0.4, -0.2) is 19.5 Å². The first-order valence-corrected chi connectivity index (χ1v) is 5.41. The average molecular weight is 242 g/mol. The number of nitro groups is 1. The van der Waals surface area contributed by atoms with Crippen LogP contribution in [0, 0.1) is 10.1 Å². The first-order valence-electron chi connectivity index (χ1n) is 5.41. The number of fused-ring (bicyclic) bond motifs is 1. The van der Waals surface area contributed by atoms with E-state index in [0.29, 0.717) is 16.9 Å². The van der Waals surface area contributed by atoms with Gasteiger partial charge in [-0.3, -0.25) is 10.1 Å². The second-order valence-corrected chi connectivity index (χ2v) is 4.01. The Hall–Kier alpha value is -2.63. The minimum atomic E-state index is -0.372. The molecule has 0 fully saturated rings. The lowest BCUT2D eigenvalue weighted by atomic mass is 10.2. The number of para-hydroxylation sites is 1. The zero-order valence-electron chi connectivity index (χ0n) is 9.62. The number of hydrogen-bond donors (Lipinski definition) is 1. The molecule has 3 rings (SSSR count). The van der Waals surface area contributed by atoms with E-state index in [1.165, 1.54) is 0 Å². The van der Waals surface area contributed by atoms with Crippen molar-refractivity contribution >= 4 is 16.6 Å². The lowest BCUT2D eigenvalue weighted by Crippen LogP contribution is -1.95. The van der Waals surface area contributed by atoms with Crippen LogP contribution < -0.4 is 0 Å². The summed E-state index contributed by atoms with van der Waals surface area (Å²) in [6.45, 7) is 0. The standard InChI is InChI=1S/C12H10N4O2/c1-15-7-6-13-12(15)10-11(16(17)18)8-4-2-3-5-9(8)14-10/h2-7,14H,1H3. The first-order chi connectivity index (χ1) is 8.68. The second kappa shape index (κ2) is 3.69. The van der Waals surface area contributed by atoms with Crippen molar-refractivity contribution in [2.75, 3.05) is 0 Å². The van der Waals surface area contributed by atoms with Crippen molar-refractivity contribution in [1.82, 2.24) is 14.5 Å². The molecule has 1 aromatic carbocycles. The van der Waals surface area contributed by atoms with Crippen molar-refractivity contribution in [2.45, 2.75) is 0 Å². The van der Waals surface area contributed by atoms with Crippen LogP contribution in [0.5, 0.6) is 0 Å². The van der Waals surface area contributed by atoms with Crippen molar-refractivity contribution in [3.8, 4) is 11.5 Å². The smallest absolute Gasteiger partial charge is 0.305 e. The van der Waals surface area contributed by atoms with Crippen LogP contribution in [0.1, 0.15) is 0 Å². The van der Waals surface area contributed by atoms with Crippen LogP contribution >= 0.6 is 0 Å². The number of nitrogens with zero attached hydrogens (tertiary/aromatic N) is 3. The molecule has 90 valence electrons. The maximum absolute atomic E-state index is 11.3. The fourth-order valence-electron chi connectivity index (χ4n) is 2.09. The molecule has 1 N–H and O–H groups in total. The molecule has 3 aromatic rings. The molecule has 0 bridgehead atoms. The van der Waals surface area contributed by atoms with Crippen molar-refractivity contribution in [3.05, 3.63) is 46.8 Å². The summed E-state index contributed by atoms with van der Waals surface area (Å²) >= 11 is 0. The summed E-state index contributed by atoms with van der Waals surface area (Å²) < 4.78 is 1.75. The molecule has 6 heteroatoms. The molecule has 0 atom stereocenters. The number of benzene rings is 1. The monoisotopic (exact) mass is 242 g/mol. The van der Waals surface area contributed by atoms with Crippen LogP contribution in [0.4, 0.5) is 5.69 Å². The minimum Gasteiger partial charge on any atom is -0.346 e. The maximum Gasteiger partial charge on any atom is 0.305 e. The molecule has 0 radical (unpaired) electrons. The summed E-state index contributed by atoms with van der Waals surface area (Å²) in [7, 11) is 1.80. The molecule has 0 unspecified atom stereocenters. The van der Waals surface area contributed by atoms with E-state index in [4.69, 9.17) is 0 Å². The van der Waals surface area contributed by atoms with Gasteiger partial charge in [-0.1, -0.05) is 12.1 Å². The van der Waals surface area contributed by atoms with Crippen LogP contribution in [-0.2, 0) is 7.05 Å². The van der Waals surface area contributed by atoms with Gasteiger partial charge in [0.05, 0.1) is 15.8 Å². The molecule has 2 heterocycles. The highest BCUT2D eigenvalue weighted by Crippen LogP contribution is 2.35. The summed E-state index contributed by atoms with van der Waals surface area (Å²) in [6, 6.07) is 7.17. The number of imidazole rings is 1. The highest BCUT2D eigenvalue weighted by molar-refractivity contribution is 5.96. The SMILES string of the molecule is Cn1ccnc1-c1[nH]c2ccccc2c1[N+](=O)[O-]. The van der Waals surface area contributed by atoms with E-state index in [9.17, 15) is 10.1 Å². The van der Waals surface area contributed by atoms with Gasteiger partial charge in [0.25, 0.3) is 0 Å². The lowest BCUT2D eigenvalue weighted by molar-refractivity contribution is -0.382. The number of hydrogen-bond acceptors (Lipinski definition) is 3. The largest absolute Gasteiger partial charge is 0.346 e. The summed E-state index contributed by atoms with van der Waals surface area (Å²) in [5, 5.41) is 11.8. The van der Waals surface area contributed by atoms with Gasteiger partial charge in [0.2, 0.25) is 0 Å². The Labute approximate surface area is 102 Å². The fourth-order valence-corrected chi connectivity index (χ4v) is 2.09. The lowest BCUT2D eigenvalue weighted by Gasteiger charge is -1.98. The third-order valence-corrected chi connectivity index (χ3v) is 2.91.